The number of fused-ring (bicyclic) bond motifs is 1. The van der Waals surface area contributed by atoms with E-state index in [9.17, 15) is 22.4 Å². The molecule has 0 spiro atoms. The number of amides is 1. The van der Waals surface area contributed by atoms with Gasteiger partial charge in [0.1, 0.15) is 23.0 Å². The lowest BCUT2D eigenvalue weighted by Crippen LogP contribution is -2.22. The molecule has 0 unspecified atom stereocenters. The third kappa shape index (κ3) is 4.64. The molecule has 188 valence electrons. The molecule has 2 N–H and O–H groups in total. The lowest BCUT2D eigenvalue weighted by Gasteiger charge is -2.17. The minimum atomic E-state index is -3.58. The van der Waals surface area contributed by atoms with Gasteiger partial charge in [0.25, 0.3) is 11.5 Å². The van der Waals surface area contributed by atoms with Gasteiger partial charge in [-0.25, -0.2) is 12.8 Å². The molecular weight excluding hydrogens is 485 g/mol. The van der Waals surface area contributed by atoms with Gasteiger partial charge in [-0.15, -0.1) is 0 Å². The SMILES string of the molecule is CCNC(=O)c1cc2c(=O)n(C)cc(-c3cc(S(C)(=O)=O)ccc3Oc3c(C)cc(F)cc3C)c2[nH]1. The van der Waals surface area contributed by atoms with Crippen LogP contribution in [0.2, 0.25) is 0 Å². The summed E-state index contributed by atoms with van der Waals surface area (Å²) in [5.74, 6) is -0.0377. The smallest absolute Gasteiger partial charge is 0.267 e. The van der Waals surface area contributed by atoms with Crippen LogP contribution in [-0.4, -0.2) is 36.7 Å². The number of rotatable bonds is 6. The quantitative estimate of drug-likeness (QED) is 0.403. The number of pyridine rings is 1. The Kier molecular flexibility index (Phi) is 6.48. The molecule has 0 radical (unpaired) electrons. The van der Waals surface area contributed by atoms with Gasteiger partial charge in [0.15, 0.2) is 9.84 Å². The van der Waals surface area contributed by atoms with Crippen LogP contribution >= 0.6 is 0 Å². The normalized spacial score (nSPS) is 11.6. The Balaban J connectivity index is 2.02. The lowest BCUT2D eigenvalue weighted by molar-refractivity contribution is 0.0951. The maximum Gasteiger partial charge on any atom is 0.267 e. The molecule has 0 saturated heterocycles. The Labute approximate surface area is 207 Å². The Bertz CT molecular complexity index is 1660. The zero-order chi connectivity index (χ0) is 26.4. The summed E-state index contributed by atoms with van der Waals surface area (Å²) in [5.41, 5.74) is 2.20. The third-order valence-corrected chi connectivity index (χ3v) is 6.96. The van der Waals surface area contributed by atoms with E-state index in [0.717, 1.165) is 6.26 Å². The molecule has 2 heterocycles. The summed E-state index contributed by atoms with van der Waals surface area (Å²) in [6.45, 7) is 5.61. The standard InChI is InChI=1S/C26H26FN3O5S/c1-6-28-25(31)21-12-19-23(29-21)20(13-30(4)26(19)32)18-11-17(36(5,33)34)7-8-22(18)35-24-14(2)9-16(27)10-15(24)3/h7-13,29H,6H2,1-5H3,(H,28,31). The summed E-state index contributed by atoms with van der Waals surface area (Å²) in [7, 11) is -2.01. The molecule has 8 nitrogen and oxygen atoms in total. The van der Waals surface area contributed by atoms with Gasteiger partial charge in [0.05, 0.1) is 15.8 Å². The molecule has 4 rings (SSSR count). The highest BCUT2D eigenvalue weighted by Gasteiger charge is 2.21. The average molecular weight is 512 g/mol. The van der Waals surface area contributed by atoms with Crippen molar-refractivity contribution in [3.63, 3.8) is 0 Å². The van der Waals surface area contributed by atoms with Gasteiger partial charge in [0, 0.05) is 37.2 Å². The first-order valence-electron chi connectivity index (χ1n) is 11.2. The second kappa shape index (κ2) is 9.27. The number of hydrogen-bond acceptors (Lipinski definition) is 5. The van der Waals surface area contributed by atoms with Crippen molar-refractivity contribution in [3.8, 4) is 22.6 Å². The van der Waals surface area contributed by atoms with Gasteiger partial charge in [-0.3, -0.25) is 9.59 Å². The number of hydrogen-bond donors (Lipinski definition) is 2. The topological polar surface area (TPSA) is 110 Å². The van der Waals surface area contributed by atoms with Crippen LogP contribution in [0.25, 0.3) is 22.0 Å². The van der Waals surface area contributed by atoms with E-state index in [4.69, 9.17) is 4.74 Å². The fourth-order valence-electron chi connectivity index (χ4n) is 4.13. The van der Waals surface area contributed by atoms with E-state index in [-0.39, 0.29) is 27.4 Å². The highest BCUT2D eigenvalue weighted by atomic mass is 32.2. The van der Waals surface area contributed by atoms with Gasteiger partial charge in [0.2, 0.25) is 0 Å². The minimum Gasteiger partial charge on any atom is -0.456 e. The number of carbonyl (C=O) groups excluding carboxylic acids is 1. The van der Waals surface area contributed by atoms with Gasteiger partial charge < -0.3 is 19.6 Å². The molecule has 0 fully saturated rings. The van der Waals surface area contributed by atoms with Crippen molar-refractivity contribution < 1.29 is 22.3 Å². The molecule has 0 bridgehead atoms. The summed E-state index contributed by atoms with van der Waals surface area (Å²) in [4.78, 5) is 28.4. The number of aryl methyl sites for hydroxylation is 3. The number of nitrogens with zero attached hydrogens (tertiary/aromatic N) is 1. The summed E-state index contributed by atoms with van der Waals surface area (Å²) < 4.78 is 46.2. The molecule has 2 aromatic heterocycles. The summed E-state index contributed by atoms with van der Waals surface area (Å²) >= 11 is 0. The Morgan fingerprint density at radius 2 is 1.78 bits per heavy atom. The Morgan fingerprint density at radius 3 is 2.39 bits per heavy atom. The molecule has 2 aromatic carbocycles. The van der Waals surface area contributed by atoms with Crippen molar-refractivity contribution in [3.05, 3.63) is 75.6 Å². The highest BCUT2D eigenvalue weighted by molar-refractivity contribution is 7.90. The number of aromatic nitrogens is 2. The second-order valence-corrected chi connectivity index (χ2v) is 10.7. The maximum atomic E-state index is 13.9. The van der Waals surface area contributed by atoms with Crippen molar-refractivity contribution in [2.24, 2.45) is 7.05 Å². The molecule has 36 heavy (non-hydrogen) atoms. The van der Waals surface area contributed by atoms with Gasteiger partial charge in [-0.05, 0) is 68.3 Å². The maximum absolute atomic E-state index is 13.9. The fourth-order valence-corrected chi connectivity index (χ4v) is 4.78. The van der Waals surface area contributed by atoms with Gasteiger partial charge >= 0.3 is 0 Å². The monoisotopic (exact) mass is 511 g/mol. The predicted octanol–water partition coefficient (Wildman–Crippen LogP) is 4.24. The number of sulfone groups is 1. The van der Waals surface area contributed by atoms with E-state index in [0.29, 0.717) is 45.8 Å². The summed E-state index contributed by atoms with van der Waals surface area (Å²) in [5, 5.41) is 2.96. The number of aromatic amines is 1. The van der Waals surface area contributed by atoms with E-state index < -0.39 is 15.7 Å². The van der Waals surface area contributed by atoms with Crippen LogP contribution in [0.5, 0.6) is 11.5 Å². The summed E-state index contributed by atoms with van der Waals surface area (Å²) in [6.07, 6.45) is 2.65. The number of ether oxygens (including phenoxy) is 1. The third-order valence-electron chi connectivity index (χ3n) is 5.85. The van der Waals surface area contributed by atoms with Crippen LogP contribution in [0.3, 0.4) is 0 Å². The molecule has 0 atom stereocenters. The minimum absolute atomic E-state index is 0.0508. The van der Waals surface area contributed by atoms with Gasteiger partial charge in [-0.2, -0.15) is 0 Å². The van der Waals surface area contributed by atoms with Crippen molar-refractivity contribution in [2.75, 3.05) is 12.8 Å². The molecule has 0 aliphatic carbocycles. The fraction of sp³-hybridized carbons (Fsp3) is 0.231. The first-order chi connectivity index (χ1) is 16.9. The van der Waals surface area contributed by atoms with Crippen LogP contribution in [0.15, 0.2) is 52.3 Å². The lowest BCUT2D eigenvalue weighted by atomic mass is 10.0. The molecular formula is C26H26FN3O5S. The molecule has 0 saturated carbocycles. The molecule has 1 amide bonds. The number of nitrogens with one attached hydrogen (secondary N) is 2. The zero-order valence-corrected chi connectivity index (χ0v) is 21.3. The van der Waals surface area contributed by atoms with Crippen molar-refractivity contribution in [1.29, 1.82) is 0 Å². The predicted molar refractivity (Wildman–Crippen MR) is 136 cm³/mol. The van der Waals surface area contributed by atoms with E-state index in [1.807, 2.05) is 0 Å². The Hall–Kier alpha value is -3.92. The summed E-state index contributed by atoms with van der Waals surface area (Å²) in [6, 6.07) is 8.59. The van der Waals surface area contributed by atoms with E-state index in [1.54, 1.807) is 34.0 Å². The van der Waals surface area contributed by atoms with Gasteiger partial charge in [-0.1, -0.05) is 0 Å². The number of benzene rings is 2. The number of halogens is 1. The first-order valence-corrected chi connectivity index (χ1v) is 13.1. The largest absolute Gasteiger partial charge is 0.456 e. The van der Waals surface area contributed by atoms with Crippen LogP contribution in [0, 0.1) is 19.7 Å². The van der Waals surface area contributed by atoms with Crippen molar-refractivity contribution in [2.45, 2.75) is 25.7 Å². The van der Waals surface area contributed by atoms with Crippen LogP contribution in [-0.2, 0) is 16.9 Å². The van der Waals surface area contributed by atoms with Crippen LogP contribution < -0.4 is 15.6 Å². The zero-order valence-electron chi connectivity index (χ0n) is 20.5. The number of H-pyrrole nitrogens is 1. The average Bonchev–Trinajstić information content (AvgIpc) is 3.24. The highest BCUT2D eigenvalue weighted by Crippen LogP contribution is 2.39. The second-order valence-electron chi connectivity index (χ2n) is 8.69. The van der Waals surface area contributed by atoms with E-state index in [1.165, 1.54) is 41.0 Å². The molecule has 4 aromatic rings. The van der Waals surface area contributed by atoms with E-state index in [2.05, 4.69) is 10.3 Å². The van der Waals surface area contributed by atoms with Crippen LogP contribution in [0.1, 0.15) is 28.5 Å². The molecule has 0 aliphatic heterocycles. The first kappa shape index (κ1) is 25.2. The number of carbonyl (C=O) groups is 1. The molecule has 10 heteroatoms. The Morgan fingerprint density at radius 1 is 1.11 bits per heavy atom. The van der Waals surface area contributed by atoms with Crippen molar-refractivity contribution >= 4 is 26.6 Å². The molecule has 0 aliphatic rings. The van der Waals surface area contributed by atoms with E-state index >= 15 is 0 Å². The van der Waals surface area contributed by atoms with Crippen molar-refractivity contribution in [1.82, 2.24) is 14.9 Å². The van der Waals surface area contributed by atoms with Crippen LogP contribution in [0.4, 0.5) is 4.39 Å².